The largest absolute Gasteiger partial charge is 0.489 e. The van der Waals surface area contributed by atoms with Crippen LogP contribution in [0.25, 0.3) is 10.9 Å². The number of nitrogens with one attached hydrogen (secondary N) is 1. The quantitative estimate of drug-likeness (QED) is 0.494. The van der Waals surface area contributed by atoms with E-state index in [1.807, 2.05) is 6.07 Å². The van der Waals surface area contributed by atoms with Crippen molar-refractivity contribution < 1.29 is 14.3 Å². The van der Waals surface area contributed by atoms with Crippen LogP contribution in [0.15, 0.2) is 30.3 Å². The number of rotatable bonds is 6. The van der Waals surface area contributed by atoms with Gasteiger partial charge in [0.2, 0.25) is 0 Å². The van der Waals surface area contributed by atoms with Gasteiger partial charge in [-0.2, -0.15) is 0 Å². The number of ketones is 1. The minimum absolute atomic E-state index is 0.0763. The highest BCUT2D eigenvalue weighted by molar-refractivity contribution is 6.20. The molecule has 2 aliphatic carbocycles. The van der Waals surface area contributed by atoms with Gasteiger partial charge in [-0.1, -0.05) is 32.4 Å². The van der Waals surface area contributed by atoms with Gasteiger partial charge in [0.25, 0.3) is 0 Å². The van der Waals surface area contributed by atoms with Crippen LogP contribution in [0.2, 0.25) is 0 Å². The van der Waals surface area contributed by atoms with Gasteiger partial charge in [0.1, 0.15) is 12.4 Å². The van der Waals surface area contributed by atoms with Crippen molar-refractivity contribution in [2.75, 3.05) is 51.4 Å². The average Bonchev–Trinajstić information content (AvgIpc) is 3.22. The van der Waals surface area contributed by atoms with Crippen LogP contribution in [-0.4, -0.2) is 68.2 Å². The number of fused-ring (bicyclic) bond motifs is 4. The molecule has 0 bridgehead atoms. The second kappa shape index (κ2) is 8.93. The lowest BCUT2D eigenvalue weighted by atomic mass is 9.71. The molecule has 1 aliphatic heterocycles. The van der Waals surface area contributed by atoms with Crippen LogP contribution in [0.4, 0.5) is 5.69 Å². The fraction of sp³-hybridized carbons (Fsp3) is 0.500. The molecular formula is C30H37N3O3. The summed E-state index contributed by atoms with van der Waals surface area (Å²) in [5, 5.41) is 0.998. The third-order valence-corrected chi connectivity index (χ3v) is 8.61. The number of aromatic amines is 1. The van der Waals surface area contributed by atoms with Gasteiger partial charge in [0.15, 0.2) is 5.78 Å². The molecule has 2 fully saturated rings. The van der Waals surface area contributed by atoms with Crippen LogP contribution in [-0.2, 0) is 10.2 Å². The molecule has 0 unspecified atom stereocenters. The Morgan fingerprint density at radius 3 is 2.53 bits per heavy atom. The summed E-state index contributed by atoms with van der Waals surface area (Å²) in [5.74, 6) is 0.860. The van der Waals surface area contributed by atoms with Gasteiger partial charge in [-0.15, -0.1) is 0 Å². The number of hydrogen-bond acceptors (Lipinski definition) is 5. The molecule has 36 heavy (non-hydrogen) atoms. The Kier molecular flexibility index (Phi) is 5.84. The molecule has 2 heterocycles. The second-order valence-electron chi connectivity index (χ2n) is 11.2. The number of aromatic nitrogens is 1. The second-order valence-corrected chi connectivity index (χ2v) is 11.2. The van der Waals surface area contributed by atoms with E-state index in [-0.39, 0.29) is 11.2 Å². The number of carbonyl (C=O) groups excluding carboxylic acids is 1. The summed E-state index contributed by atoms with van der Waals surface area (Å²) in [5.41, 5.74) is 6.59. The summed E-state index contributed by atoms with van der Waals surface area (Å²) in [6.07, 6.45) is 4.05. The predicted octanol–water partition coefficient (Wildman–Crippen LogP) is 5.05. The predicted molar refractivity (Wildman–Crippen MR) is 144 cm³/mol. The molecule has 6 rings (SSSR count). The Morgan fingerprint density at radius 1 is 1.06 bits per heavy atom. The lowest BCUT2D eigenvalue weighted by Gasteiger charge is -2.44. The molecule has 1 saturated heterocycles. The van der Waals surface area contributed by atoms with Gasteiger partial charge in [0.05, 0.1) is 17.9 Å². The van der Waals surface area contributed by atoms with Crippen molar-refractivity contribution in [2.24, 2.45) is 0 Å². The molecule has 6 nitrogen and oxygen atoms in total. The normalized spacial score (nSPS) is 19.8. The third kappa shape index (κ3) is 3.73. The molecule has 1 saturated carbocycles. The highest BCUT2D eigenvalue weighted by Gasteiger charge is 2.41. The van der Waals surface area contributed by atoms with Crippen molar-refractivity contribution in [2.45, 2.75) is 51.5 Å². The van der Waals surface area contributed by atoms with Gasteiger partial charge in [0, 0.05) is 66.9 Å². The van der Waals surface area contributed by atoms with Crippen LogP contribution < -0.4 is 9.64 Å². The molecule has 0 spiro atoms. The number of nitrogens with zero attached hydrogens (tertiary/aromatic N) is 2. The zero-order chi connectivity index (χ0) is 25.0. The number of methoxy groups -OCH3 is 1. The topological polar surface area (TPSA) is 57.8 Å². The SMILES string of the molecule is COCCOc1cc2c(cc1N1CCN(C3CCC3)CC1)C(C)(C)c1[nH]c3cc(C)ccc3c1C2=O. The number of ether oxygens (including phenoxy) is 2. The lowest BCUT2D eigenvalue weighted by molar-refractivity contribution is 0.103. The van der Waals surface area contributed by atoms with Gasteiger partial charge in [-0.05, 0) is 49.1 Å². The van der Waals surface area contributed by atoms with Gasteiger partial charge in [-0.25, -0.2) is 0 Å². The molecule has 3 aromatic rings. The standard InChI is InChI=1S/C30H37N3O3/c1-19-8-9-21-24(16-19)31-29-27(21)28(34)22-17-26(36-15-14-35-4)25(18-23(22)30(29,2)3)33-12-10-32(11-13-33)20-6-5-7-20/h8-9,16-18,20,31H,5-7,10-15H2,1-4H3. The fourth-order valence-electron chi connectivity index (χ4n) is 6.24. The lowest BCUT2D eigenvalue weighted by Crippen LogP contribution is -2.52. The molecule has 0 amide bonds. The zero-order valence-electron chi connectivity index (χ0n) is 21.9. The summed E-state index contributed by atoms with van der Waals surface area (Å²) < 4.78 is 11.5. The number of H-pyrrole nitrogens is 1. The van der Waals surface area contributed by atoms with E-state index in [4.69, 9.17) is 9.47 Å². The van der Waals surface area contributed by atoms with Crippen molar-refractivity contribution in [1.29, 1.82) is 0 Å². The minimum atomic E-state index is -0.334. The summed E-state index contributed by atoms with van der Waals surface area (Å²) in [7, 11) is 1.68. The number of hydrogen-bond donors (Lipinski definition) is 1. The minimum Gasteiger partial charge on any atom is -0.489 e. The first-order chi connectivity index (χ1) is 17.4. The van der Waals surface area contributed by atoms with E-state index in [0.717, 1.165) is 76.9 Å². The Morgan fingerprint density at radius 2 is 1.83 bits per heavy atom. The molecular weight excluding hydrogens is 450 g/mol. The third-order valence-electron chi connectivity index (χ3n) is 8.61. The van der Waals surface area contributed by atoms with Gasteiger partial charge >= 0.3 is 0 Å². The molecule has 6 heteroatoms. The first kappa shape index (κ1) is 23.6. The first-order valence-corrected chi connectivity index (χ1v) is 13.3. The number of aryl methyl sites for hydroxylation is 1. The molecule has 1 aromatic heterocycles. The van der Waals surface area contributed by atoms with Crippen molar-refractivity contribution in [3.8, 4) is 5.75 Å². The molecule has 1 N–H and O–H groups in total. The van der Waals surface area contributed by atoms with Gasteiger partial charge < -0.3 is 19.4 Å². The Labute approximate surface area is 213 Å². The van der Waals surface area contributed by atoms with E-state index in [1.165, 1.54) is 24.8 Å². The van der Waals surface area contributed by atoms with Crippen molar-refractivity contribution >= 4 is 22.4 Å². The number of benzene rings is 2. The van der Waals surface area contributed by atoms with Crippen LogP contribution in [0.1, 0.15) is 65.9 Å². The smallest absolute Gasteiger partial charge is 0.195 e. The molecule has 0 radical (unpaired) electrons. The highest BCUT2D eigenvalue weighted by Crippen LogP contribution is 2.47. The average molecular weight is 488 g/mol. The van der Waals surface area contributed by atoms with E-state index >= 15 is 0 Å². The van der Waals surface area contributed by atoms with E-state index in [0.29, 0.717) is 13.2 Å². The van der Waals surface area contributed by atoms with Crippen molar-refractivity contribution in [3.63, 3.8) is 0 Å². The Hall–Kier alpha value is -2.83. The Balaban J connectivity index is 1.41. The number of anilines is 1. The zero-order valence-corrected chi connectivity index (χ0v) is 21.9. The fourth-order valence-corrected chi connectivity index (χ4v) is 6.24. The van der Waals surface area contributed by atoms with Crippen molar-refractivity contribution in [3.05, 3.63) is 58.3 Å². The maximum absolute atomic E-state index is 14.0. The highest BCUT2D eigenvalue weighted by atomic mass is 16.5. The number of piperazine rings is 1. The molecule has 190 valence electrons. The first-order valence-electron chi connectivity index (χ1n) is 13.3. The van der Waals surface area contributed by atoms with Crippen LogP contribution in [0.3, 0.4) is 0 Å². The maximum atomic E-state index is 14.0. The summed E-state index contributed by atoms with van der Waals surface area (Å²) in [6, 6.07) is 11.3. The van der Waals surface area contributed by atoms with Crippen LogP contribution >= 0.6 is 0 Å². The van der Waals surface area contributed by atoms with E-state index in [2.05, 4.69) is 59.8 Å². The molecule has 2 aromatic carbocycles. The van der Waals surface area contributed by atoms with E-state index < -0.39 is 0 Å². The van der Waals surface area contributed by atoms with E-state index in [9.17, 15) is 4.79 Å². The van der Waals surface area contributed by atoms with E-state index in [1.54, 1.807) is 7.11 Å². The van der Waals surface area contributed by atoms with Crippen LogP contribution in [0.5, 0.6) is 5.75 Å². The molecule has 0 atom stereocenters. The van der Waals surface area contributed by atoms with Gasteiger partial charge in [-0.3, -0.25) is 9.69 Å². The summed E-state index contributed by atoms with van der Waals surface area (Å²) >= 11 is 0. The number of carbonyl (C=O) groups is 1. The molecule has 3 aliphatic rings. The maximum Gasteiger partial charge on any atom is 0.195 e. The monoisotopic (exact) mass is 487 g/mol. The Bertz CT molecular complexity index is 1310. The van der Waals surface area contributed by atoms with Crippen LogP contribution in [0, 0.1) is 6.92 Å². The van der Waals surface area contributed by atoms with Crippen molar-refractivity contribution in [1.82, 2.24) is 9.88 Å². The summed E-state index contributed by atoms with van der Waals surface area (Å²) in [4.78, 5) is 22.7. The summed E-state index contributed by atoms with van der Waals surface area (Å²) in [6.45, 7) is 11.6.